The van der Waals surface area contributed by atoms with Gasteiger partial charge in [-0.15, -0.1) is 4.68 Å². The first kappa shape index (κ1) is 20.5. The molecule has 1 saturated carbocycles. The Morgan fingerprint density at radius 2 is 2.15 bits per heavy atom. The molecular weight excluding hydrogens is 346 g/mol. The van der Waals surface area contributed by atoms with E-state index in [1.54, 1.807) is 24.7 Å². The van der Waals surface area contributed by atoms with Gasteiger partial charge in [0.2, 0.25) is 12.2 Å². The number of aryl methyl sites for hydroxylation is 1. The fourth-order valence-electron chi connectivity index (χ4n) is 2.40. The highest BCUT2D eigenvalue weighted by atomic mass is 16.5. The number of nitrogens with one attached hydrogen (secondary N) is 1. The molecule has 0 saturated heterocycles. The topological polar surface area (TPSA) is 152 Å². The molecule has 1 aromatic rings. The molecule has 0 aromatic carbocycles. The van der Waals surface area contributed by atoms with Gasteiger partial charge < -0.3 is 27.0 Å². The number of rotatable bonds is 8. The summed E-state index contributed by atoms with van der Waals surface area (Å²) >= 11 is 0. The molecule has 0 radical (unpaired) electrons. The number of hydrogen-bond donors (Lipinski definition) is 5. The molecule has 0 amide bonds. The van der Waals surface area contributed by atoms with Crippen LogP contribution in [0, 0.1) is 12.8 Å². The molecular formula is C18H30N7O2+. The van der Waals surface area contributed by atoms with Crippen LogP contribution in [0.4, 0.5) is 5.69 Å². The predicted molar refractivity (Wildman–Crippen MR) is 105 cm³/mol. The summed E-state index contributed by atoms with van der Waals surface area (Å²) in [7, 11) is 0. The first-order valence-corrected chi connectivity index (χ1v) is 8.83. The van der Waals surface area contributed by atoms with Crippen molar-refractivity contribution in [1.82, 2.24) is 5.10 Å². The summed E-state index contributed by atoms with van der Waals surface area (Å²) in [5.74, 6) is 0.994. The Labute approximate surface area is 159 Å². The minimum atomic E-state index is -0.862. The van der Waals surface area contributed by atoms with E-state index in [1.807, 2.05) is 6.92 Å². The van der Waals surface area contributed by atoms with Crippen LogP contribution >= 0.6 is 0 Å². The van der Waals surface area contributed by atoms with Crippen LogP contribution in [-0.2, 0) is 11.3 Å². The molecule has 0 unspecified atom stereocenters. The third-order valence-corrected chi connectivity index (χ3v) is 3.93. The highest BCUT2D eigenvalue weighted by Crippen LogP contribution is 2.30. The van der Waals surface area contributed by atoms with Gasteiger partial charge in [0.25, 0.3) is 0 Å². The second kappa shape index (κ2) is 8.26. The highest BCUT2D eigenvalue weighted by Gasteiger charge is 2.23. The number of H-pyrrole nitrogens is 1. The number of aromatic nitrogens is 2. The van der Waals surface area contributed by atoms with Crippen LogP contribution in [0.2, 0.25) is 0 Å². The lowest BCUT2D eigenvalue weighted by molar-refractivity contribution is -0.760. The van der Waals surface area contributed by atoms with Gasteiger partial charge in [0.05, 0.1) is 12.2 Å². The largest absolute Gasteiger partial charge is 0.493 e. The lowest BCUT2D eigenvalue weighted by Gasteiger charge is -2.11. The van der Waals surface area contributed by atoms with Crippen molar-refractivity contribution in [2.24, 2.45) is 33.1 Å². The number of ether oxygens (including phenoxy) is 1. The van der Waals surface area contributed by atoms with E-state index in [2.05, 4.69) is 21.7 Å². The number of amidine groups is 1. The van der Waals surface area contributed by atoms with E-state index in [9.17, 15) is 5.11 Å². The molecule has 9 heteroatoms. The van der Waals surface area contributed by atoms with Crippen molar-refractivity contribution in [2.45, 2.75) is 45.8 Å². The lowest BCUT2D eigenvalue weighted by atomic mass is 10.1. The second-order valence-electron chi connectivity index (χ2n) is 7.42. The Morgan fingerprint density at radius 3 is 2.70 bits per heavy atom. The Morgan fingerprint density at radius 1 is 1.48 bits per heavy atom. The normalized spacial score (nSPS) is 16.5. The van der Waals surface area contributed by atoms with Gasteiger partial charge in [0.1, 0.15) is 22.9 Å². The Hall–Kier alpha value is -2.81. The van der Waals surface area contributed by atoms with Gasteiger partial charge in [-0.1, -0.05) is 6.58 Å². The maximum atomic E-state index is 9.92. The minimum Gasteiger partial charge on any atom is -0.493 e. The maximum absolute atomic E-state index is 9.92. The zero-order chi connectivity index (χ0) is 20.2. The average molecular weight is 376 g/mol. The van der Waals surface area contributed by atoms with E-state index in [0.717, 1.165) is 5.69 Å². The van der Waals surface area contributed by atoms with Gasteiger partial charge in [0.15, 0.2) is 12.2 Å². The number of aliphatic imine (C=N–C) groups is 2. The molecule has 148 valence electrons. The lowest BCUT2D eigenvalue weighted by Crippen LogP contribution is -2.45. The second-order valence-corrected chi connectivity index (χ2v) is 7.42. The van der Waals surface area contributed by atoms with Crippen LogP contribution in [0.5, 0.6) is 0 Å². The maximum Gasteiger partial charge on any atom is 0.222 e. The number of nitrogens with zero attached hydrogens (tertiary/aromatic N) is 3. The molecule has 8 N–H and O–H groups in total. The van der Waals surface area contributed by atoms with Crippen molar-refractivity contribution in [3.8, 4) is 0 Å². The van der Waals surface area contributed by atoms with Gasteiger partial charge in [0, 0.05) is 6.20 Å². The van der Waals surface area contributed by atoms with Crippen molar-refractivity contribution < 1.29 is 14.5 Å². The van der Waals surface area contributed by atoms with Crippen LogP contribution in [0.15, 0.2) is 40.3 Å². The Balaban J connectivity index is 2.10. The molecule has 0 bridgehead atoms. The van der Waals surface area contributed by atoms with Gasteiger partial charge in [-0.3, -0.25) is 0 Å². The van der Waals surface area contributed by atoms with E-state index in [1.165, 1.54) is 19.0 Å². The van der Waals surface area contributed by atoms with Crippen molar-refractivity contribution in [2.75, 3.05) is 6.61 Å². The zero-order valence-electron chi connectivity index (χ0n) is 16.2. The third kappa shape index (κ3) is 6.45. The molecule has 1 aromatic heterocycles. The highest BCUT2D eigenvalue weighted by molar-refractivity contribution is 6.06. The van der Waals surface area contributed by atoms with Crippen molar-refractivity contribution in [3.63, 3.8) is 0 Å². The van der Waals surface area contributed by atoms with Crippen molar-refractivity contribution >= 4 is 17.5 Å². The quantitative estimate of drug-likeness (QED) is 0.147. The van der Waals surface area contributed by atoms with E-state index in [0.29, 0.717) is 36.1 Å². The zero-order valence-corrected chi connectivity index (χ0v) is 16.2. The summed E-state index contributed by atoms with van der Waals surface area (Å²) in [6, 6.07) is 0. The number of nitrogens with two attached hydrogens (primary N) is 3. The monoisotopic (exact) mass is 376 g/mol. The van der Waals surface area contributed by atoms with Crippen LogP contribution in [0.1, 0.15) is 32.4 Å². The summed E-state index contributed by atoms with van der Waals surface area (Å²) in [5.41, 5.74) is 18.4. The summed E-state index contributed by atoms with van der Waals surface area (Å²) in [5, 5.41) is 13.0. The fraction of sp³-hybridized carbons (Fsp3) is 0.500. The van der Waals surface area contributed by atoms with Crippen LogP contribution in [0.25, 0.3) is 0 Å². The SMILES string of the molecule is C=C(OCC1CC1)C(=CN)C(N)=NC(N)=Nc1c[n+](CC(C)(C)O)[nH]c1C. The van der Waals surface area contributed by atoms with Crippen LogP contribution < -0.4 is 21.9 Å². The first-order valence-electron chi connectivity index (χ1n) is 8.83. The molecule has 0 spiro atoms. The average Bonchev–Trinajstić information content (AvgIpc) is 3.29. The number of aromatic amines is 1. The molecule has 0 aliphatic heterocycles. The van der Waals surface area contributed by atoms with Gasteiger partial charge in [-0.05, 0) is 39.5 Å². The molecule has 1 heterocycles. The van der Waals surface area contributed by atoms with E-state index in [-0.39, 0.29) is 11.8 Å². The Kier molecular flexibility index (Phi) is 6.27. The minimum absolute atomic E-state index is 0.0284. The molecule has 2 rings (SSSR count). The van der Waals surface area contributed by atoms with E-state index < -0.39 is 5.60 Å². The summed E-state index contributed by atoms with van der Waals surface area (Å²) < 4.78 is 7.32. The summed E-state index contributed by atoms with van der Waals surface area (Å²) in [4.78, 5) is 8.36. The molecule has 27 heavy (non-hydrogen) atoms. The number of guanidine groups is 1. The molecule has 1 aliphatic carbocycles. The number of hydrogen-bond acceptors (Lipinski definition) is 4. The van der Waals surface area contributed by atoms with Gasteiger partial charge in [-0.2, -0.15) is 10.1 Å². The molecule has 9 nitrogen and oxygen atoms in total. The van der Waals surface area contributed by atoms with Crippen molar-refractivity contribution in [3.05, 3.63) is 36.0 Å². The molecule has 1 fully saturated rings. The van der Waals surface area contributed by atoms with Crippen LogP contribution in [0.3, 0.4) is 0 Å². The summed E-state index contributed by atoms with van der Waals surface area (Å²) in [6.45, 7) is 10.1. The van der Waals surface area contributed by atoms with Crippen LogP contribution in [-0.4, -0.2) is 34.2 Å². The van der Waals surface area contributed by atoms with Gasteiger partial charge >= 0.3 is 0 Å². The standard InChI is InChI=1S/C18H29N7O2/c1-11-15(8-25(24-11)10-18(3,4)26)22-17(21)23-16(20)14(7-19)12(2)27-9-13-5-6-13/h7-8,13,26H,2,5-6,9-10H2,1,3-4H3,(H6,19,20,21,22,23)/p+1. The summed E-state index contributed by atoms with van der Waals surface area (Å²) in [6.07, 6.45) is 5.37. The van der Waals surface area contributed by atoms with E-state index >= 15 is 0 Å². The van der Waals surface area contributed by atoms with E-state index in [4.69, 9.17) is 21.9 Å². The fourth-order valence-corrected chi connectivity index (χ4v) is 2.40. The predicted octanol–water partition coefficient (Wildman–Crippen LogP) is 0.468. The smallest absolute Gasteiger partial charge is 0.222 e. The third-order valence-electron chi connectivity index (χ3n) is 3.93. The first-order chi connectivity index (χ1) is 12.6. The van der Waals surface area contributed by atoms with Crippen molar-refractivity contribution in [1.29, 1.82) is 0 Å². The number of aliphatic hydroxyl groups is 1. The Bertz CT molecular complexity index is 780. The molecule has 0 atom stereocenters. The van der Waals surface area contributed by atoms with Gasteiger partial charge in [-0.25, -0.2) is 4.99 Å². The molecule has 1 aliphatic rings.